The molecule has 0 aliphatic rings. The normalized spacial score (nSPS) is 11.8. The van der Waals surface area contributed by atoms with Crippen LogP contribution in [0.2, 0.25) is 0 Å². The van der Waals surface area contributed by atoms with Crippen molar-refractivity contribution in [1.29, 1.82) is 0 Å². The summed E-state index contributed by atoms with van der Waals surface area (Å²) in [6, 6.07) is 17.8. The molecular weight excluding hydrogens is 310 g/mol. The minimum Gasteiger partial charge on any atom is -0.341 e. The van der Waals surface area contributed by atoms with Gasteiger partial charge in [-0.2, -0.15) is 0 Å². The smallest absolute Gasteiger partial charge is 0.254 e. The van der Waals surface area contributed by atoms with E-state index in [0.717, 1.165) is 11.1 Å². The summed E-state index contributed by atoms with van der Waals surface area (Å²) in [6.07, 6.45) is 4.94. The van der Waals surface area contributed by atoms with Crippen LogP contribution in [0.4, 0.5) is 0 Å². The molecule has 25 heavy (non-hydrogen) atoms. The first-order valence-electron chi connectivity index (χ1n) is 8.31. The largest absolute Gasteiger partial charge is 0.341 e. The van der Waals surface area contributed by atoms with Crippen LogP contribution in [0.15, 0.2) is 73.3 Å². The molecule has 1 aromatic heterocycles. The number of likely N-dealkylation sites (N-methyl/N-ethyl adjacent to an activating group) is 1. The number of hydrogen-bond acceptors (Lipinski definition) is 3. The Bertz CT molecular complexity index is 834. The van der Waals surface area contributed by atoms with Gasteiger partial charge in [0, 0.05) is 37.1 Å². The SMILES string of the molecule is CC(CN(C)C(=O)c1ccccc1-c1cncnc1)c1ccccc1. The zero-order valence-corrected chi connectivity index (χ0v) is 14.5. The highest BCUT2D eigenvalue weighted by Gasteiger charge is 2.19. The van der Waals surface area contributed by atoms with E-state index in [0.29, 0.717) is 12.1 Å². The summed E-state index contributed by atoms with van der Waals surface area (Å²) in [6.45, 7) is 2.79. The van der Waals surface area contributed by atoms with Crippen molar-refractivity contribution in [3.05, 3.63) is 84.4 Å². The minimum absolute atomic E-state index is 0.00207. The van der Waals surface area contributed by atoms with Crippen LogP contribution < -0.4 is 0 Å². The molecular formula is C21H21N3O. The van der Waals surface area contributed by atoms with Gasteiger partial charge in [0.2, 0.25) is 0 Å². The molecule has 0 fully saturated rings. The molecule has 0 spiro atoms. The van der Waals surface area contributed by atoms with Gasteiger partial charge in [-0.1, -0.05) is 55.5 Å². The second kappa shape index (κ2) is 7.71. The van der Waals surface area contributed by atoms with Gasteiger partial charge in [-0.05, 0) is 23.1 Å². The predicted octanol–water partition coefficient (Wildman–Crippen LogP) is 4.02. The fourth-order valence-corrected chi connectivity index (χ4v) is 2.95. The third-order valence-corrected chi connectivity index (χ3v) is 4.29. The Kier molecular flexibility index (Phi) is 5.19. The number of rotatable bonds is 5. The molecule has 0 N–H and O–H groups in total. The van der Waals surface area contributed by atoms with Crippen LogP contribution in [-0.4, -0.2) is 34.4 Å². The monoisotopic (exact) mass is 331 g/mol. The standard InChI is InChI=1S/C21H21N3O/c1-16(17-8-4-3-5-9-17)14-24(2)21(25)20-11-7-6-10-19(20)18-12-22-15-23-13-18/h3-13,15-16H,14H2,1-2H3. The van der Waals surface area contributed by atoms with Crippen molar-refractivity contribution in [3.63, 3.8) is 0 Å². The predicted molar refractivity (Wildman–Crippen MR) is 99.3 cm³/mol. The van der Waals surface area contributed by atoms with E-state index in [-0.39, 0.29) is 11.8 Å². The fraction of sp³-hybridized carbons (Fsp3) is 0.190. The topological polar surface area (TPSA) is 46.1 Å². The lowest BCUT2D eigenvalue weighted by molar-refractivity contribution is 0.0789. The van der Waals surface area contributed by atoms with Crippen molar-refractivity contribution >= 4 is 5.91 Å². The first kappa shape index (κ1) is 16.8. The van der Waals surface area contributed by atoms with Gasteiger partial charge in [0.1, 0.15) is 6.33 Å². The number of hydrogen-bond donors (Lipinski definition) is 0. The van der Waals surface area contributed by atoms with Crippen molar-refractivity contribution in [2.45, 2.75) is 12.8 Å². The Morgan fingerprint density at radius 3 is 2.36 bits per heavy atom. The number of nitrogens with zero attached hydrogens (tertiary/aromatic N) is 3. The summed E-state index contributed by atoms with van der Waals surface area (Å²) in [5.41, 5.74) is 3.59. The first-order valence-corrected chi connectivity index (χ1v) is 8.31. The van der Waals surface area contributed by atoms with Crippen molar-refractivity contribution in [2.24, 2.45) is 0 Å². The zero-order chi connectivity index (χ0) is 17.6. The summed E-state index contributed by atoms with van der Waals surface area (Å²) in [4.78, 5) is 22.9. The Morgan fingerprint density at radius 2 is 1.64 bits per heavy atom. The second-order valence-electron chi connectivity index (χ2n) is 6.17. The number of carbonyl (C=O) groups is 1. The lowest BCUT2D eigenvalue weighted by Gasteiger charge is -2.23. The maximum Gasteiger partial charge on any atom is 0.254 e. The summed E-state index contributed by atoms with van der Waals surface area (Å²) in [5.74, 6) is 0.268. The minimum atomic E-state index is 0.00207. The molecule has 1 atom stereocenters. The highest BCUT2D eigenvalue weighted by atomic mass is 16.2. The van der Waals surface area contributed by atoms with Crippen LogP contribution in [0.25, 0.3) is 11.1 Å². The average Bonchev–Trinajstić information content (AvgIpc) is 2.68. The van der Waals surface area contributed by atoms with Crippen molar-refractivity contribution < 1.29 is 4.79 Å². The van der Waals surface area contributed by atoms with Crippen LogP contribution in [0.1, 0.15) is 28.8 Å². The van der Waals surface area contributed by atoms with E-state index in [1.165, 1.54) is 11.9 Å². The van der Waals surface area contributed by atoms with E-state index < -0.39 is 0 Å². The van der Waals surface area contributed by atoms with Crippen LogP contribution in [-0.2, 0) is 0 Å². The summed E-state index contributed by atoms with van der Waals surface area (Å²) in [5, 5.41) is 0. The van der Waals surface area contributed by atoms with E-state index in [2.05, 4.69) is 29.0 Å². The van der Waals surface area contributed by atoms with Gasteiger partial charge in [0.15, 0.2) is 0 Å². The molecule has 126 valence electrons. The lowest BCUT2D eigenvalue weighted by atomic mass is 9.99. The molecule has 0 radical (unpaired) electrons. The fourth-order valence-electron chi connectivity index (χ4n) is 2.95. The van der Waals surface area contributed by atoms with E-state index in [4.69, 9.17) is 0 Å². The molecule has 0 aliphatic carbocycles. The van der Waals surface area contributed by atoms with Gasteiger partial charge >= 0.3 is 0 Å². The molecule has 0 saturated carbocycles. The molecule has 4 heteroatoms. The molecule has 2 aromatic carbocycles. The Balaban J connectivity index is 1.81. The van der Waals surface area contributed by atoms with Gasteiger partial charge < -0.3 is 4.90 Å². The van der Waals surface area contributed by atoms with Crippen LogP contribution in [0.5, 0.6) is 0 Å². The number of benzene rings is 2. The van der Waals surface area contributed by atoms with Gasteiger partial charge in [-0.15, -0.1) is 0 Å². The van der Waals surface area contributed by atoms with Crippen LogP contribution in [0, 0.1) is 0 Å². The molecule has 1 amide bonds. The molecule has 0 saturated heterocycles. The molecule has 0 bridgehead atoms. The van der Waals surface area contributed by atoms with Crippen molar-refractivity contribution in [1.82, 2.24) is 14.9 Å². The van der Waals surface area contributed by atoms with Gasteiger partial charge in [0.25, 0.3) is 5.91 Å². The summed E-state index contributed by atoms with van der Waals surface area (Å²) in [7, 11) is 1.85. The average molecular weight is 331 g/mol. The van der Waals surface area contributed by atoms with Gasteiger partial charge in [-0.25, -0.2) is 9.97 Å². The van der Waals surface area contributed by atoms with Gasteiger partial charge in [-0.3, -0.25) is 4.79 Å². The Labute approximate surface area is 148 Å². The van der Waals surface area contributed by atoms with Crippen LogP contribution in [0.3, 0.4) is 0 Å². The lowest BCUT2D eigenvalue weighted by Crippen LogP contribution is -2.30. The molecule has 0 aliphatic heterocycles. The Morgan fingerprint density at radius 1 is 1.00 bits per heavy atom. The quantitative estimate of drug-likeness (QED) is 0.709. The highest BCUT2D eigenvalue weighted by Crippen LogP contribution is 2.24. The van der Waals surface area contributed by atoms with Crippen LogP contribution >= 0.6 is 0 Å². The summed E-state index contributed by atoms with van der Waals surface area (Å²) >= 11 is 0. The number of carbonyl (C=O) groups excluding carboxylic acids is 1. The van der Waals surface area contributed by atoms with Gasteiger partial charge in [0.05, 0.1) is 0 Å². The maximum atomic E-state index is 13.0. The maximum absolute atomic E-state index is 13.0. The first-order chi connectivity index (χ1) is 12.2. The summed E-state index contributed by atoms with van der Waals surface area (Å²) < 4.78 is 0. The van der Waals surface area contributed by atoms with Crippen molar-refractivity contribution in [2.75, 3.05) is 13.6 Å². The van der Waals surface area contributed by atoms with Crippen molar-refractivity contribution in [3.8, 4) is 11.1 Å². The number of aromatic nitrogens is 2. The highest BCUT2D eigenvalue weighted by molar-refractivity contribution is 6.00. The second-order valence-corrected chi connectivity index (χ2v) is 6.17. The zero-order valence-electron chi connectivity index (χ0n) is 14.5. The van der Waals surface area contributed by atoms with E-state index in [9.17, 15) is 4.79 Å². The third-order valence-electron chi connectivity index (χ3n) is 4.29. The molecule has 1 heterocycles. The van der Waals surface area contributed by atoms with E-state index in [1.54, 1.807) is 17.3 Å². The Hall–Kier alpha value is -3.01. The molecule has 4 nitrogen and oxygen atoms in total. The van der Waals surface area contributed by atoms with E-state index >= 15 is 0 Å². The molecule has 3 aromatic rings. The molecule has 3 rings (SSSR count). The molecule has 1 unspecified atom stereocenters. The third kappa shape index (κ3) is 3.91. The number of amides is 1. The van der Waals surface area contributed by atoms with E-state index in [1.807, 2.05) is 49.5 Å².